The second kappa shape index (κ2) is 7.39. The van der Waals surface area contributed by atoms with Gasteiger partial charge in [-0.2, -0.15) is 0 Å². The van der Waals surface area contributed by atoms with Crippen LogP contribution in [0.4, 0.5) is 0 Å². The Balaban J connectivity index is 1.65. The molecule has 2 atom stereocenters. The molecular formula is C20H21N3O3. The molecular weight excluding hydrogens is 330 g/mol. The zero-order valence-corrected chi connectivity index (χ0v) is 14.2. The maximum atomic E-state index is 12.0. The highest BCUT2D eigenvalue weighted by atomic mass is 16.4. The Hall–Kier alpha value is -3.15. The molecule has 1 amide bonds. The summed E-state index contributed by atoms with van der Waals surface area (Å²) < 4.78 is 0. The van der Waals surface area contributed by atoms with Crippen molar-refractivity contribution < 1.29 is 14.7 Å². The maximum absolute atomic E-state index is 12.0. The van der Waals surface area contributed by atoms with Gasteiger partial charge in [0.05, 0.1) is 6.42 Å². The number of amidine groups is 1. The summed E-state index contributed by atoms with van der Waals surface area (Å²) in [5.41, 5.74) is 9.27. The highest BCUT2D eigenvalue weighted by Gasteiger charge is 2.32. The lowest BCUT2D eigenvalue weighted by Crippen LogP contribution is -2.28. The van der Waals surface area contributed by atoms with E-state index in [9.17, 15) is 9.59 Å². The Morgan fingerprint density at radius 1 is 1.12 bits per heavy atom. The van der Waals surface area contributed by atoms with Gasteiger partial charge in [0.2, 0.25) is 5.91 Å². The molecule has 0 radical (unpaired) electrons. The minimum Gasteiger partial charge on any atom is -0.481 e. The van der Waals surface area contributed by atoms with Gasteiger partial charge in [-0.1, -0.05) is 48.5 Å². The lowest BCUT2D eigenvalue weighted by molar-refractivity contribution is -0.137. The van der Waals surface area contributed by atoms with Gasteiger partial charge in [-0.05, 0) is 29.5 Å². The normalized spacial score (nSPS) is 19.2. The molecule has 2 aromatic rings. The number of hydrogen-bond acceptors (Lipinski definition) is 3. The third kappa shape index (κ3) is 4.08. The summed E-state index contributed by atoms with van der Waals surface area (Å²) in [6.45, 7) is 0. The molecule has 5 N–H and O–H groups in total. The Morgan fingerprint density at radius 3 is 2.23 bits per heavy atom. The van der Waals surface area contributed by atoms with Crippen molar-refractivity contribution >= 4 is 17.7 Å². The van der Waals surface area contributed by atoms with Gasteiger partial charge in [0, 0.05) is 17.5 Å². The van der Waals surface area contributed by atoms with Crippen molar-refractivity contribution in [3.05, 3.63) is 59.7 Å². The zero-order valence-electron chi connectivity index (χ0n) is 14.2. The van der Waals surface area contributed by atoms with Gasteiger partial charge >= 0.3 is 5.97 Å². The van der Waals surface area contributed by atoms with Gasteiger partial charge in [0.25, 0.3) is 0 Å². The first-order valence-corrected chi connectivity index (χ1v) is 8.48. The molecule has 6 heteroatoms. The molecule has 134 valence electrons. The lowest BCUT2D eigenvalue weighted by Gasteiger charge is -2.09. The fourth-order valence-corrected chi connectivity index (χ4v) is 3.31. The Labute approximate surface area is 151 Å². The SMILES string of the molecule is N=C(N)c1ccc(-c2ccc(C[C@@H]3C[C@@H](CC(=O)O)NC3=O)cc2)cc1. The summed E-state index contributed by atoms with van der Waals surface area (Å²) in [6, 6.07) is 15.2. The van der Waals surface area contributed by atoms with Crippen molar-refractivity contribution in [3.8, 4) is 11.1 Å². The lowest BCUT2D eigenvalue weighted by atomic mass is 9.94. The highest BCUT2D eigenvalue weighted by molar-refractivity contribution is 5.95. The quantitative estimate of drug-likeness (QED) is 0.471. The fraction of sp³-hybridized carbons (Fsp3) is 0.250. The molecule has 0 unspecified atom stereocenters. The predicted octanol–water partition coefficient (Wildman–Crippen LogP) is 2.16. The number of carboxylic acids is 1. The van der Waals surface area contributed by atoms with Crippen molar-refractivity contribution in [3.63, 3.8) is 0 Å². The smallest absolute Gasteiger partial charge is 0.305 e. The number of benzene rings is 2. The third-order valence-corrected chi connectivity index (χ3v) is 4.67. The molecule has 1 heterocycles. The van der Waals surface area contributed by atoms with Gasteiger partial charge in [0.1, 0.15) is 5.84 Å². The van der Waals surface area contributed by atoms with E-state index in [-0.39, 0.29) is 30.1 Å². The second-order valence-corrected chi connectivity index (χ2v) is 6.63. The maximum Gasteiger partial charge on any atom is 0.305 e. The first-order chi connectivity index (χ1) is 12.4. The van der Waals surface area contributed by atoms with Crippen LogP contribution in [0.25, 0.3) is 11.1 Å². The van der Waals surface area contributed by atoms with E-state index in [0.29, 0.717) is 18.4 Å². The number of hydrogen-bond donors (Lipinski definition) is 4. The minimum absolute atomic E-state index is 0.0303. The summed E-state index contributed by atoms with van der Waals surface area (Å²) in [6.07, 6.45) is 1.13. The summed E-state index contributed by atoms with van der Waals surface area (Å²) in [5.74, 6) is -1.10. The number of aliphatic carboxylic acids is 1. The molecule has 1 saturated heterocycles. The van der Waals surface area contributed by atoms with E-state index < -0.39 is 5.97 Å². The van der Waals surface area contributed by atoms with E-state index in [1.54, 1.807) is 0 Å². The van der Waals surface area contributed by atoms with E-state index in [4.69, 9.17) is 16.2 Å². The molecule has 0 bridgehead atoms. The molecule has 26 heavy (non-hydrogen) atoms. The molecule has 1 aliphatic heterocycles. The molecule has 3 rings (SSSR count). The number of nitrogens with two attached hydrogens (primary N) is 1. The summed E-state index contributed by atoms with van der Waals surface area (Å²) in [5, 5.41) is 19.0. The standard InChI is InChI=1S/C20H21N3O3/c21-19(22)15-7-5-14(6-8-15)13-3-1-12(2-4-13)9-16-10-17(11-18(24)25)23-20(16)26/h1-8,16-17H,9-11H2,(H3,21,22)(H,23,26)(H,24,25)/t16-,17+/m1/s1. The minimum atomic E-state index is -0.893. The van der Waals surface area contributed by atoms with Crippen molar-refractivity contribution in [1.82, 2.24) is 5.32 Å². The molecule has 0 spiro atoms. The van der Waals surface area contributed by atoms with Crippen LogP contribution in [0.5, 0.6) is 0 Å². The first kappa shape index (κ1) is 17.7. The van der Waals surface area contributed by atoms with Gasteiger partial charge < -0.3 is 16.2 Å². The number of carbonyl (C=O) groups is 2. The molecule has 1 aliphatic rings. The van der Waals surface area contributed by atoms with E-state index in [0.717, 1.165) is 16.7 Å². The first-order valence-electron chi connectivity index (χ1n) is 8.48. The number of nitrogen functional groups attached to an aromatic ring is 1. The Morgan fingerprint density at radius 2 is 1.69 bits per heavy atom. The average molecular weight is 351 g/mol. The van der Waals surface area contributed by atoms with Crippen LogP contribution in [-0.4, -0.2) is 28.9 Å². The van der Waals surface area contributed by atoms with Crippen LogP contribution in [0.1, 0.15) is 24.0 Å². The summed E-state index contributed by atoms with van der Waals surface area (Å²) in [4.78, 5) is 22.8. The van der Waals surface area contributed by atoms with Crippen molar-refractivity contribution in [1.29, 1.82) is 5.41 Å². The summed E-state index contributed by atoms with van der Waals surface area (Å²) in [7, 11) is 0. The Bertz CT molecular complexity index is 828. The van der Waals surface area contributed by atoms with Crippen molar-refractivity contribution in [2.75, 3.05) is 0 Å². The largest absolute Gasteiger partial charge is 0.481 e. The van der Waals surface area contributed by atoms with E-state index in [1.807, 2.05) is 48.5 Å². The molecule has 0 saturated carbocycles. The number of rotatable bonds is 6. The third-order valence-electron chi connectivity index (χ3n) is 4.67. The monoisotopic (exact) mass is 351 g/mol. The van der Waals surface area contributed by atoms with Crippen LogP contribution in [0.15, 0.2) is 48.5 Å². The van der Waals surface area contributed by atoms with Gasteiger partial charge in [-0.3, -0.25) is 15.0 Å². The van der Waals surface area contributed by atoms with Gasteiger partial charge in [0.15, 0.2) is 0 Å². The van der Waals surface area contributed by atoms with Crippen LogP contribution in [0.2, 0.25) is 0 Å². The van der Waals surface area contributed by atoms with E-state index in [2.05, 4.69) is 5.32 Å². The zero-order chi connectivity index (χ0) is 18.7. The number of amides is 1. The molecule has 2 aromatic carbocycles. The predicted molar refractivity (Wildman–Crippen MR) is 98.9 cm³/mol. The average Bonchev–Trinajstić information content (AvgIpc) is 2.94. The van der Waals surface area contributed by atoms with Gasteiger partial charge in [-0.25, -0.2) is 0 Å². The highest BCUT2D eigenvalue weighted by Crippen LogP contribution is 2.25. The van der Waals surface area contributed by atoms with Crippen LogP contribution in [-0.2, 0) is 16.0 Å². The fourth-order valence-electron chi connectivity index (χ4n) is 3.31. The van der Waals surface area contributed by atoms with Crippen molar-refractivity contribution in [2.24, 2.45) is 11.7 Å². The molecule has 0 aromatic heterocycles. The van der Waals surface area contributed by atoms with Gasteiger partial charge in [-0.15, -0.1) is 0 Å². The topological polar surface area (TPSA) is 116 Å². The van der Waals surface area contributed by atoms with Crippen molar-refractivity contribution in [2.45, 2.75) is 25.3 Å². The summed E-state index contributed by atoms with van der Waals surface area (Å²) >= 11 is 0. The molecule has 1 fully saturated rings. The van der Waals surface area contributed by atoms with Crippen LogP contribution in [0.3, 0.4) is 0 Å². The second-order valence-electron chi connectivity index (χ2n) is 6.63. The number of carbonyl (C=O) groups excluding carboxylic acids is 1. The number of carboxylic acid groups (broad SMARTS) is 1. The van der Waals surface area contributed by atoms with E-state index in [1.165, 1.54) is 0 Å². The van der Waals surface area contributed by atoms with Crippen LogP contribution >= 0.6 is 0 Å². The van der Waals surface area contributed by atoms with Crippen LogP contribution < -0.4 is 11.1 Å². The Kier molecular flexibility index (Phi) is 5.02. The molecule has 0 aliphatic carbocycles. The van der Waals surface area contributed by atoms with Crippen LogP contribution in [0, 0.1) is 11.3 Å². The number of nitrogens with one attached hydrogen (secondary N) is 2. The van der Waals surface area contributed by atoms with E-state index >= 15 is 0 Å². The molecule has 6 nitrogen and oxygen atoms in total.